The lowest BCUT2D eigenvalue weighted by Crippen LogP contribution is -2.38. The zero-order valence-electron chi connectivity index (χ0n) is 28.8. The number of hydrogen-bond acceptors (Lipinski definition) is 8. The van der Waals surface area contributed by atoms with Gasteiger partial charge in [0.25, 0.3) is 18.3 Å². The Labute approximate surface area is 276 Å². The molecule has 0 bridgehead atoms. The van der Waals surface area contributed by atoms with Crippen LogP contribution in [-0.4, -0.2) is 79.6 Å². The number of ether oxygens (including phenoxy) is 2. The summed E-state index contributed by atoms with van der Waals surface area (Å²) in [5, 5.41) is 13.4. The summed E-state index contributed by atoms with van der Waals surface area (Å²) < 4.78 is 11.2. The van der Waals surface area contributed by atoms with Gasteiger partial charge in [-0.1, -0.05) is 64.1 Å². The van der Waals surface area contributed by atoms with Crippen molar-refractivity contribution < 1.29 is 33.8 Å². The van der Waals surface area contributed by atoms with Crippen molar-refractivity contribution >= 4 is 29.8 Å². The average Bonchev–Trinajstić information content (AvgIpc) is 3.28. The Morgan fingerprint density at radius 1 is 1.00 bits per heavy atom. The molecule has 0 saturated heterocycles. The molecule has 258 valence electrons. The van der Waals surface area contributed by atoms with Crippen molar-refractivity contribution in [2.24, 2.45) is 0 Å². The Morgan fingerprint density at radius 2 is 1.59 bits per heavy atom. The summed E-state index contributed by atoms with van der Waals surface area (Å²) in [5.74, 6) is -0.459. The monoisotopic (exact) mass is 643 g/mol. The van der Waals surface area contributed by atoms with Crippen molar-refractivity contribution in [3.63, 3.8) is 0 Å². The van der Waals surface area contributed by atoms with Gasteiger partial charge in [-0.15, -0.1) is 6.58 Å². The SMILES string of the molecule is C=C/C=C\C=C(/C)NCCOCCOCCNc1cccc2c1C(=O)N(C(C)CCC(=O)CCC)C2=O.C=CC.CCC.O=CO. The van der Waals surface area contributed by atoms with Crippen molar-refractivity contribution in [1.29, 1.82) is 0 Å². The zero-order valence-corrected chi connectivity index (χ0v) is 28.8. The van der Waals surface area contributed by atoms with Gasteiger partial charge in [0.15, 0.2) is 0 Å². The normalized spacial score (nSPS) is 12.4. The Balaban J connectivity index is 0. The van der Waals surface area contributed by atoms with Crippen LogP contribution < -0.4 is 10.6 Å². The van der Waals surface area contributed by atoms with Gasteiger partial charge in [0.2, 0.25) is 0 Å². The third kappa shape index (κ3) is 19.4. The van der Waals surface area contributed by atoms with Crippen LogP contribution in [0, 0.1) is 0 Å². The number of hydrogen-bond donors (Lipinski definition) is 3. The first kappa shape index (κ1) is 44.1. The van der Waals surface area contributed by atoms with Crippen LogP contribution >= 0.6 is 0 Å². The van der Waals surface area contributed by atoms with E-state index in [2.05, 4.69) is 37.6 Å². The molecule has 0 aromatic heterocycles. The Morgan fingerprint density at radius 3 is 2.15 bits per heavy atom. The van der Waals surface area contributed by atoms with E-state index in [0.717, 1.165) is 12.1 Å². The van der Waals surface area contributed by atoms with Gasteiger partial charge < -0.3 is 25.2 Å². The fraction of sp³-hybridized carbons (Fsp3) is 0.500. The summed E-state index contributed by atoms with van der Waals surface area (Å²) in [6.07, 6.45) is 12.7. The number of carboxylic acid groups (broad SMARTS) is 1. The molecule has 2 amide bonds. The van der Waals surface area contributed by atoms with E-state index in [4.69, 9.17) is 19.4 Å². The average molecular weight is 644 g/mol. The minimum atomic E-state index is -0.339. The van der Waals surface area contributed by atoms with Crippen LogP contribution in [0.4, 0.5) is 5.69 Å². The van der Waals surface area contributed by atoms with Crippen molar-refractivity contribution in [3.8, 4) is 0 Å². The third-order valence-corrected chi connectivity index (χ3v) is 5.93. The first-order valence-corrected chi connectivity index (χ1v) is 15.9. The Hall–Kier alpha value is -4.02. The van der Waals surface area contributed by atoms with Gasteiger partial charge in [-0.25, -0.2) is 0 Å². The molecule has 0 saturated carbocycles. The first-order valence-electron chi connectivity index (χ1n) is 15.9. The molecule has 1 aliphatic heterocycles. The van der Waals surface area contributed by atoms with E-state index in [1.54, 1.807) is 30.4 Å². The number of ketones is 1. The van der Waals surface area contributed by atoms with Gasteiger partial charge in [-0.3, -0.25) is 24.1 Å². The highest BCUT2D eigenvalue weighted by Gasteiger charge is 2.40. The van der Waals surface area contributed by atoms with Gasteiger partial charge in [-0.05, 0) is 51.8 Å². The lowest BCUT2D eigenvalue weighted by atomic mass is 10.1. The van der Waals surface area contributed by atoms with E-state index in [0.29, 0.717) is 75.6 Å². The number of nitrogens with zero attached hydrogens (tertiary/aromatic N) is 1. The number of anilines is 1. The predicted octanol–water partition coefficient (Wildman–Crippen LogP) is 6.81. The standard InChI is InChI=1S/C29H41N3O5.C3H8.C3H6.CH2O2/c1-5-7-8-11-22(3)30-16-18-36-20-21-37-19-17-31-26-13-9-12-25-27(26)29(35)32(28(25)34)23(4)14-15-24(33)10-6-2;2*1-3-2;2-1-3/h5,7-9,11-13,23,30-31H,1,6,10,14-21H2,2-4H3;3H2,1-2H3;3H,1H2,2H3;1H,(H,2,3)/b8-7-,22-11+;;;. The summed E-state index contributed by atoms with van der Waals surface area (Å²) in [6.45, 7) is 21.8. The molecule has 2 rings (SSSR count). The highest BCUT2D eigenvalue weighted by molar-refractivity contribution is 6.24. The Kier molecular flexibility index (Phi) is 28.5. The molecule has 10 heteroatoms. The molecule has 10 nitrogen and oxygen atoms in total. The van der Waals surface area contributed by atoms with Crippen molar-refractivity contribution in [2.75, 3.05) is 44.8 Å². The van der Waals surface area contributed by atoms with Crippen LogP contribution in [0.2, 0.25) is 0 Å². The lowest BCUT2D eigenvalue weighted by molar-refractivity contribution is -0.123. The minimum absolute atomic E-state index is 0.162. The zero-order chi connectivity index (χ0) is 35.2. The maximum absolute atomic E-state index is 13.1. The molecule has 46 heavy (non-hydrogen) atoms. The first-order chi connectivity index (χ1) is 22.1. The van der Waals surface area contributed by atoms with Gasteiger partial charge >= 0.3 is 0 Å². The van der Waals surface area contributed by atoms with Crippen LogP contribution in [0.25, 0.3) is 0 Å². The number of carbonyl (C=O) groups excluding carboxylic acids is 3. The second-order valence-electron chi connectivity index (χ2n) is 10.2. The summed E-state index contributed by atoms with van der Waals surface area (Å²) >= 11 is 0. The molecule has 0 spiro atoms. The van der Waals surface area contributed by atoms with Gasteiger partial charge in [0, 0.05) is 43.4 Å². The molecule has 1 unspecified atom stereocenters. The highest BCUT2D eigenvalue weighted by Crippen LogP contribution is 2.31. The molecular weight excluding hydrogens is 586 g/mol. The maximum atomic E-state index is 13.1. The van der Waals surface area contributed by atoms with Crippen LogP contribution in [0.1, 0.15) is 94.4 Å². The van der Waals surface area contributed by atoms with Crippen LogP contribution in [0.3, 0.4) is 0 Å². The molecule has 1 heterocycles. The summed E-state index contributed by atoms with van der Waals surface area (Å²) in [6, 6.07) is 4.89. The number of nitrogens with one attached hydrogen (secondary N) is 2. The number of Topliss-reactive ketones (excluding diaryl/α,β-unsaturated/α-hetero) is 1. The highest BCUT2D eigenvalue weighted by atomic mass is 16.5. The fourth-order valence-electron chi connectivity index (χ4n) is 3.99. The molecule has 1 atom stereocenters. The molecule has 1 aromatic carbocycles. The Bertz CT molecular complexity index is 1090. The van der Waals surface area contributed by atoms with E-state index in [9.17, 15) is 14.4 Å². The second-order valence-corrected chi connectivity index (χ2v) is 10.2. The fourth-order valence-corrected chi connectivity index (χ4v) is 3.99. The quantitative estimate of drug-likeness (QED) is 0.0489. The smallest absolute Gasteiger partial charge is 0.290 e. The largest absolute Gasteiger partial charge is 0.483 e. The van der Waals surface area contributed by atoms with Crippen molar-refractivity contribution in [1.82, 2.24) is 10.2 Å². The molecule has 0 fully saturated rings. The topological polar surface area (TPSA) is 134 Å². The predicted molar refractivity (Wildman–Crippen MR) is 187 cm³/mol. The lowest BCUT2D eigenvalue weighted by Gasteiger charge is -2.22. The molecule has 1 aliphatic rings. The van der Waals surface area contributed by atoms with E-state index < -0.39 is 0 Å². The third-order valence-electron chi connectivity index (χ3n) is 5.93. The second kappa shape index (κ2) is 29.7. The van der Waals surface area contributed by atoms with E-state index in [1.807, 2.05) is 45.9 Å². The van der Waals surface area contributed by atoms with Crippen molar-refractivity contribution in [3.05, 3.63) is 78.6 Å². The van der Waals surface area contributed by atoms with Gasteiger partial charge in [0.05, 0.1) is 37.6 Å². The van der Waals surface area contributed by atoms with Gasteiger partial charge in [-0.2, -0.15) is 0 Å². The van der Waals surface area contributed by atoms with E-state index >= 15 is 0 Å². The molecule has 0 radical (unpaired) electrons. The van der Waals surface area contributed by atoms with Crippen molar-refractivity contribution in [2.45, 2.75) is 79.7 Å². The summed E-state index contributed by atoms with van der Waals surface area (Å²) in [5.41, 5.74) is 2.45. The molecule has 1 aromatic rings. The number of fused-ring (bicyclic) bond motifs is 1. The molecule has 3 N–H and O–H groups in total. The molecular formula is C36H57N3O7. The minimum Gasteiger partial charge on any atom is -0.483 e. The molecule has 0 aliphatic carbocycles. The number of carbonyl (C=O) groups is 4. The van der Waals surface area contributed by atoms with E-state index in [1.165, 1.54) is 11.3 Å². The number of amides is 2. The maximum Gasteiger partial charge on any atom is 0.290 e. The number of imide groups is 1. The van der Waals surface area contributed by atoms with E-state index in [-0.39, 0.29) is 30.1 Å². The van der Waals surface area contributed by atoms with Crippen LogP contribution in [0.15, 0.2) is 67.4 Å². The van der Waals surface area contributed by atoms with Crippen LogP contribution in [-0.2, 0) is 19.1 Å². The number of rotatable bonds is 19. The number of benzene rings is 1. The summed E-state index contributed by atoms with van der Waals surface area (Å²) in [7, 11) is 0. The van der Waals surface area contributed by atoms with Crippen LogP contribution in [0.5, 0.6) is 0 Å². The van der Waals surface area contributed by atoms with Gasteiger partial charge in [0.1, 0.15) is 5.78 Å². The summed E-state index contributed by atoms with van der Waals surface area (Å²) in [4.78, 5) is 47.6. The number of allylic oxidation sites excluding steroid dienone is 6.